The fraction of sp³-hybridized carbons (Fsp3) is 0.0714. The molecule has 3 aromatic rings. The summed E-state index contributed by atoms with van der Waals surface area (Å²) < 4.78 is 10.5. The van der Waals surface area contributed by atoms with Gasteiger partial charge in [-0.15, -0.1) is 11.3 Å². The highest BCUT2D eigenvalue weighted by Crippen LogP contribution is 2.28. The average Bonchev–Trinajstić information content (AvgIpc) is 3.09. The van der Waals surface area contributed by atoms with Gasteiger partial charge in [0.1, 0.15) is 11.4 Å². The monoisotopic (exact) mass is 272 g/mol. The lowest BCUT2D eigenvalue weighted by atomic mass is 10.3. The molecule has 2 aromatic heterocycles. The molecule has 0 saturated carbocycles. The minimum Gasteiger partial charge on any atom is -0.497 e. The second-order valence-corrected chi connectivity index (χ2v) is 4.73. The van der Waals surface area contributed by atoms with Crippen LogP contribution >= 0.6 is 11.3 Å². The predicted octanol–water partition coefficient (Wildman–Crippen LogP) is 4.16. The standard InChI is InChI=1S/C14H12N2O2S/c1-17-11-5-2-4-10(8-11)15-14-16-12(9-19-14)13-6-3-7-18-13/h2-9H,1H3,(H,15,16). The van der Waals surface area contributed by atoms with Gasteiger partial charge in [-0.25, -0.2) is 4.98 Å². The van der Waals surface area contributed by atoms with Crippen LogP contribution in [0.3, 0.4) is 0 Å². The highest BCUT2D eigenvalue weighted by Gasteiger charge is 2.07. The highest BCUT2D eigenvalue weighted by molar-refractivity contribution is 7.14. The van der Waals surface area contributed by atoms with Crippen molar-refractivity contribution in [2.75, 3.05) is 12.4 Å². The molecule has 0 aliphatic rings. The molecule has 0 amide bonds. The van der Waals surface area contributed by atoms with Crippen LogP contribution in [0, 0.1) is 0 Å². The lowest BCUT2D eigenvalue weighted by Crippen LogP contribution is -1.90. The van der Waals surface area contributed by atoms with Crippen LogP contribution in [0.2, 0.25) is 0 Å². The van der Waals surface area contributed by atoms with Gasteiger partial charge in [0, 0.05) is 17.1 Å². The van der Waals surface area contributed by atoms with Crippen LogP contribution < -0.4 is 10.1 Å². The summed E-state index contributed by atoms with van der Waals surface area (Å²) in [6.07, 6.45) is 1.64. The van der Waals surface area contributed by atoms with Crippen molar-refractivity contribution in [2.24, 2.45) is 0 Å². The maximum Gasteiger partial charge on any atom is 0.187 e. The third kappa shape index (κ3) is 2.61. The van der Waals surface area contributed by atoms with E-state index in [9.17, 15) is 0 Å². The van der Waals surface area contributed by atoms with Crippen molar-refractivity contribution in [1.82, 2.24) is 4.98 Å². The molecule has 0 atom stereocenters. The van der Waals surface area contributed by atoms with Gasteiger partial charge in [-0.05, 0) is 24.3 Å². The van der Waals surface area contributed by atoms with E-state index in [0.717, 1.165) is 28.0 Å². The van der Waals surface area contributed by atoms with Gasteiger partial charge in [-0.3, -0.25) is 0 Å². The summed E-state index contributed by atoms with van der Waals surface area (Å²) in [5.74, 6) is 1.59. The smallest absolute Gasteiger partial charge is 0.187 e. The summed E-state index contributed by atoms with van der Waals surface area (Å²) in [5.41, 5.74) is 1.78. The fourth-order valence-electron chi connectivity index (χ4n) is 1.69. The Kier molecular flexibility index (Phi) is 3.20. The molecular weight excluding hydrogens is 260 g/mol. The van der Waals surface area contributed by atoms with Crippen molar-refractivity contribution in [2.45, 2.75) is 0 Å². The Labute approximate surface area is 114 Å². The van der Waals surface area contributed by atoms with E-state index in [2.05, 4.69) is 10.3 Å². The molecule has 3 rings (SSSR count). The number of thiazole rings is 1. The second kappa shape index (κ2) is 5.16. The molecule has 0 spiro atoms. The number of nitrogens with one attached hydrogen (secondary N) is 1. The molecule has 2 heterocycles. The van der Waals surface area contributed by atoms with E-state index < -0.39 is 0 Å². The van der Waals surface area contributed by atoms with Crippen molar-refractivity contribution < 1.29 is 9.15 Å². The molecule has 0 aliphatic heterocycles. The predicted molar refractivity (Wildman–Crippen MR) is 76.1 cm³/mol. The molecular formula is C14H12N2O2S. The molecule has 0 bridgehead atoms. The van der Waals surface area contributed by atoms with Gasteiger partial charge in [0.2, 0.25) is 0 Å². The van der Waals surface area contributed by atoms with Crippen molar-refractivity contribution >= 4 is 22.2 Å². The van der Waals surface area contributed by atoms with Gasteiger partial charge in [0.05, 0.1) is 13.4 Å². The minimum atomic E-state index is 0.773. The number of rotatable bonds is 4. The topological polar surface area (TPSA) is 47.3 Å². The van der Waals surface area contributed by atoms with Crippen LogP contribution in [0.15, 0.2) is 52.5 Å². The number of methoxy groups -OCH3 is 1. The van der Waals surface area contributed by atoms with Crippen molar-refractivity contribution in [3.05, 3.63) is 48.0 Å². The Morgan fingerprint density at radius 3 is 3.00 bits per heavy atom. The molecule has 0 aliphatic carbocycles. The number of aromatic nitrogens is 1. The first-order valence-corrected chi connectivity index (χ1v) is 6.63. The number of ether oxygens (including phenoxy) is 1. The minimum absolute atomic E-state index is 0.773. The third-order valence-corrected chi connectivity index (χ3v) is 3.36. The van der Waals surface area contributed by atoms with E-state index in [1.807, 2.05) is 41.8 Å². The van der Waals surface area contributed by atoms with E-state index in [1.165, 1.54) is 11.3 Å². The SMILES string of the molecule is COc1cccc(Nc2nc(-c3ccco3)cs2)c1. The average molecular weight is 272 g/mol. The lowest BCUT2D eigenvalue weighted by molar-refractivity contribution is 0.415. The van der Waals surface area contributed by atoms with E-state index in [-0.39, 0.29) is 0 Å². The molecule has 0 unspecified atom stereocenters. The molecule has 1 N–H and O–H groups in total. The van der Waals surface area contributed by atoms with Gasteiger partial charge in [-0.2, -0.15) is 0 Å². The Morgan fingerprint density at radius 1 is 1.26 bits per heavy atom. The van der Waals surface area contributed by atoms with Crippen molar-refractivity contribution in [3.63, 3.8) is 0 Å². The first-order valence-electron chi connectivity index (χ1n) is 5.75. The van der Waals surface area contributed by atoms with E-state index in [0.29, 0.717) is 0 Å². The third-order valence-electron chi connectivity index (χ3n) is 2.60. The second-order valence-electron chi connectivity index (χ2n) is 3.87. The van der Waals surface area contributed by atoms with Crippen LogP contribution in [0.5, 0.6) is 5.75 Å². The largest absolute Gasteiger partial charge is 0.497 e. The normalized spacial score (nSPS) is 10.4. The van der Waals surface area contributed by atoms with Crippen molar-refractivity contribution in [3.8, 4) is 17.2 Å². The summed E-state index contributed by atoms with van der Waals surface area (Å²) in [6.45, 7) is 0. The fourth-order valence-corrected chi connectivity index (χ4v) is 2.41. The number of hydrogen-bond acceptors (Lipinski definition) is 5. The first kappa shape index (κ1) is 11.8. The zero-order valence-electron chi connectivity index (χ0n) is 10.3. The molecule has 0 radical (unpaired) electrons. The molecule has 4 nitrogen and oxygen atoms in total. The van der Waals surface area contributed by atoms with Crippen LogP contribution in [-0.2, 0) is 0 Å². The van der Waals surface area contributed by atoms with Crippen LogP contribution in [0.1, 0.15) is 0 Å². The molecule has 19 heavy (non-hydrogen) atoms. The van der Waals surface area contributed by atoms with E-state index in [1.54, 1.807) is 13.4 Å². The maximum absolute atomic E-state index is 5.32. The molecule has 0 saturated heterocycles. The summed E-state index contributed by atoms with van der Waals surface area (Å²) in [7, 11) is 1.65. The van der Waals surface area contributed by atoms with Gasteiger partial charge >= 0.3 is 0 Å². The van der Waals surface area contributed by atoms with E-state index in [4.69, 9.17) is 9.15 Å². The molecule has 0 fully saturated rings. The highest BCUT2D eigenvalue weighted by atomic mass is 32.1. The van der Waals surface area contributed by atoms with Crippen LogP contribution in [-0.4, -0.2) is 12.1 Å². The lowest BCUT2D eigenvalue weighted by Gasteiger charge is -2.04. The quantitative estimate of drug-likeness (QED) is 0.774. The van der Waals surface area contributed by atoms with E-state index >= 15 is 0 Å². The van der Waals surface area contributed by atoms with Crippen LogP contribution in [0.4, 0.5) is 10.8 Å². The zero-order valence-corrected chi connectivity index (χ0v) is 11.1. The number of anilines is 2. The summed E-state index contributed by atoms with van der Waals surface area (Å²) in [6, 6.07) is 11.5. The zero-order chi connectivity index (χ0) is 13.1. The van der Waals surface area contributed by atoms with Gasteiger partial charge in [-0.1, -0.05) is 6.07 Å². The Morgan fingerprint density at radius 2 is 2.21 bits per heavy atom. The molecule has 96 valence electrons. The number of benzene rings is 1. The number of nitrogens with zero attached hydrogens (tertiary/aromatic N) is 1. The van der Waals surface area contributed by atoms with Gasteiger partial charge < -0.3 is 14.5 Å². The van der Waals surface area contributed by atoms with Gasteiger partial charge in [0.15, 0.2) is 10.9 Å². The Hall–Kier alpha value is -2.27. The van der Waals surface area contributed by atoms with Crippen LogP contribution in [0.25, 0.3) is 11.5 Å². The number of hydrogen-bond donors (Lipinski definition) is 1. The maximum atomic E-state index is 5.32. The molecule has 5 heteroatoms. The molecule has 1 aromatic carbocycles. The number of furan rings is 1. The Bertz CT molecular complexity index is 662. The summed E-state index contributed by atoms with van der Waals surface area (Å²) in [5, 5.41) is 6.03. The summed E-state index contributed by atoms with van der Waals surface area (Å²) >= 11 is 1.53. The van der Waals surface area contributed by atoms with Crippen molar-refractivity contribution in [1.29, 1.82) is 0 Å². The summed E-state index contributed by atoms with van der Waals surface area (Å²) in [4.78, 5) is 4.48. The van der Waals surface area contributed by atoms with Gasteiger partial charge in [0.25, 0.3) is 0 Å². The first-order chi connectivity index (χ1) is 9.35. The Balaban J connectivity index is 1.80.